The van der Waals surface area contributed by atoms with Crippen molar-refractivity contribution in [3.8, 4) is 16.9 Å². The van der Waals surface area contributed by atoms with E-state index in [1.54, 1.807) is 0 Å². The monoisotopic (exact) mass is 530 g/mol. The van der Waals surface area contributed by atoms with E-state index >= 15 is 4.39 Å². The minimum Gasteiger partial charge on any atom is -0.399 e. The van der Waals surface area contributed by atoms with Crippen molar-refractivity contribution in [3.05, 3.63) is 87.5 Å². The third-order valence-corrected chi connectivity index (χ3v) is 6.07. The van der Waals surface area contributed by atoms with Crippen molar-refractivity contribution >= 4 is 11.6 Å². The summed E-state index contributed by atoms with van der Waals surface area (Å²) in [5.74, 6) is -9.43. The van der Waals surface area contributed by atoms with Gasteiger partial charge >= 0.3 is 6.36 Å². The number of unbranched alkanes of at least 4 members (excludes halogenated alkanes) is 1. The number of ether oxygens (including phenoxy) is 1. The summed E-state index contributed by atoms with van der Waals surface area (Å²) in [6.45, 7) is 1.94. The second kappa shape index (κ2) is 10.1. The zero-order valence-electron chi connectivity index (χ0n) is 19.3. The summed E-state index contributed by atoms with van der Waals surface area (Å²) >= 11 is 0. The molecular formula is C27H19F9O. The summed E-state index contributed by atoms with van der Waals surface area (Å²) in [5, 5.41) is 0. The summed E-state index contributed by atoms with van der Waals surface area (Å²) < 4.78 is 129. The maximum Gasteiger partial charge on any atom is 0.573 e. The van der Waals surface area contributed by atoms with E-state index in [1.807, 2.05) is 6.92 Å². The molecule has 1 aliphatic carbocycles. The van der Waals surface area contributed by atoms with Gasteiger partial charge in [0.2, 0.25) is 5.75 Å². The molecule has 0 saturated carbocycles. The van der Waals surface area contributed by atoms with Crippen LogP contribution < -0.4 is 4.74 Å². The van der Waals surface area contributed by atoms with Crippen LogP contribution in [0.3, 0.4) is 0 Å². The van der Waals surface area contributed by atoms with Gasteiger partial charge in [-0.15, -0.1) is 13.2 Å². The van der Waals surface area contributed by atoms with Crippen LogP contribution in [0.25, 0.3) is 22.8 Å². The van der Waals surface area contributed by atoms with Crippen LogP contribution >= 0.6 is 0 Å². The second-order valence-electron chi connectivity index (χ2n) is 8.64. The van der Waals surface area contributed by atoms with Gasteiger partial charge in [-0.25, -0.2) is 26.3 Å². The topological polar surface area (TPSA) is 9.23 Å². The van der Waals surface area contributed by atoms with Gasteiger partial charge < -0.3 is 4.74 Å². The highest BCUT2D eigenvalue weighted by Crippen LogP contribution is 2.40. The molecule has 0 aromatic heterocycles. The van der Waals surface area contributed by atoms with E-state index in [1.165, 1.54) is 18.2 Å². The molecule has 0 atom stereocenters. The molecule has 0 amide bonds. The first-order valence-electron chi connectivity index (χ1n) is 11.3. The van der Waals surface area contributed by atoms with Crippen LogP contribution in [0.5, 0.6) is 5.75 Å². The summed E-state index contributed by atoms with van der Waals surface area (Å²) in [5.41, 5.74) is -1.27. The molecule has 3 aromatic carbocycles. The minimum atomic E-state index is -5.38. The molecule has 1 aliphatic rings. The Bertz CT molecular complexity index is 1340. The van der Waals surface area contributed by atoms with Gasteiger partial charge in [0, 0.05) is 5.56 Å². The van der Waals surface area contributed by atoms with E-state index in [9.17, 15) is 35.1 Å². The Kier molecular flexibility index (Phi) is 7.30. The van der Waals surface area contributed by atoms with Crippen molar-refractivity contribution in [2.24, 2.45) is 0 Å². The van der Waals surface area contributed by atoms with Crippen LogP contribution in [0.15, 0.2) is 30.3 Å². The van der Waals surface area contributed by atoms with Crippen molar-refractivity contribution < 1.29 is 44.3 Å². The molecular weight excluding hydrogens is 511 g/mol. The van der Waals surface area contributed by atoms with Crippen LogP contribution in [0.1, 0.15) is 48.4 Å². The molecule has 0 bridgehead atoms. The van der Waals surface area contributed by atoms with Crippen LogP contribution in [-0.2, 0) is 12.8 Å². The third-order valence-electron chi connectivity index (χ3n) is 6.07. The zero-order valence-corrected chi connectivity index (χ0v) is 19.3. The van der Waals surface area contributed by atoms with Gasteiger partial charge in [-0.1, -0.05) is 19.4 Å². The molecule has 0 radical (unpaired) electrons. The average molecular weight is 530 g/mol. The van der Waals surface area contributed by atoms with Crippen molar-refractivity contribution in [1.29, 1.82) is 0 Å². The van der Waals surface area contributed by atoms with E-state index in [0.29, 0.717) is 24.1 Å². The minimum absolute atomic E-state index is 0.0157. The first kappa shape index (κ1) is 26.6. The Morgan fingerprint density at radius 1 is 0.757 bits per heavy atom. The average Bonchev–Trinajstić information content (AvgIpc) is 2.79. The first-order chi connectivity index (χ1) is 17.4. The SMILES string of the molecule is CCCCc1cc(F)c(C2=Cc3cc(F)c(-c4cc(F)c(OC(F)(F)F)c(F)c4)c(F)c3CC2)c(F)c1. The van der Waals surface area contributed by atoms with Crippen LogP contribution in [0, 0.1) is 34.9 Å². The summed E-state index contributed by atoms with van der Waals surface area (Å²) in [7, 11) is 0. The largest absolute Gasteiger partial charge is 0.573 e. The maximum atomic E-state index is 15.3. The zero-order chi connectivity index (χ0) is 27.1. The van der Waals surface area contributed by atoms with Gasteiger partial charge in [0.1, 0.15) is 23.3 Å². The first-order valence-corrected chi connectivity index (χ1v) is 11.3. The molecule has 10 heteroatoms. The number of fused-ring (bicyclic) bond motifs is 1. The molecule has 196 valence electrons. The normalized spacial score (nSPS) is 13.4. The highest BCUT2D eigenvalue weighted by atomic mass is 19.4. The number of hydrogen-bond acceptors (Lipinski definition) is 1. The number of benzene rings is 3. The van der Waals surface area contributed by atoms with E-state index in [0.717, 1.165) is 18.9 Å². The Labute approximate surface area is 206 Å². The molecule has 0 heterocycles. The molecule has 0 saturated heterocycles. The van der Waals surface area contributed by atoms with Crippen molar-refractivity contribution in [3.63, 3.8) is 0 Å². The van der Waals surface area contributed by atoms with E-state index in [2.05, 4.69) is 4.74 Å². The molecule has 4 rings (SSSR count). The standard InChI is InChI=1S/C27H19F9O/c1-2-3-4-13-7-18(28)23(19(29)8-13)14-5-6-17-15(9-14)10-20(30)24(25(17)33)16-11-21(31)26(22(32)12-16)37-27(34,35)36/h7-12H,2-6H2,1H3. The molecule has 0 aliphatic heterocycles. The maximum absolute atomic E-state index is 15.3. The quantitative estimate of drug-likeness (QED) is 0.289. The predicted molar refractivity (Wildman–Crippen MR) is 120 cm³/mol. The number of rotatable bonds is 6. The number of allylic oxidation sites excluding steroid dienone is 1. The van der Waals surface area contributed by atoms with Crippen LogP contribution in [0.4, 0.5) is 39.5 Å². The lowest BCUT2D eigenvalue weighted by Crippen LogP contribution is -2.19. The fourth-order valence-corrected chi connectivity index (χ4v) is 4.42. The van der Waals surface area contributed by atoms with Gasteiger partial charge in [0.05, 0.1) is 5.56 Å². The summed E-state index contributed by atoms with van der Waals surface area (Å²) in [4.78, 5) is 0. The number of hydrogen-bond donors (Lipinski definition) is 0. The van der Waals surface area contributed by atoms with Crippen molar-refractivity contribution in [2.75, 3.05) is 0 Å². The fraction of sp³-hybridized carbons (Fsp3) is 0.259. The molecule has 0 N–H and O–H groups in total. The van der Waals surface area contributed by atoms with Crippen LogP contribution in [-0.4, -0.2) is 6.36 Å². The molecule has 37 heavy (non-hydrogen) atoms. The van der Waals surface area contributed by atoms with E-state index in [-0.39, 0.29) is 35.1 Å². The molecule has 3 aromatic rings. The predicted octanol–water partition coefficient (Wildman–Crippen LogP) is 8.92. The van der Waals surface area contributed by atoms with Crippen molar-refractivity contribution in [2.45, 2.75) is 45.4 Å². The highest BCUT2D eigenvalue weighted by Gasteiger charge is 2.34. The summed E-state index contributed by atoms with van der Waals surface area (Å²) in [6, 6.07) is 3.95. The van der Waals surface area contributed by atoms with Crippen LogP contribution in [0.2, 0.25) is 0 Å². The van der Waals surface area contributed by atoms with E-state index < -0.39 is 58.1 Å². The lowest BCUT2D eigenvalue weighted by atomic mass is 9.85. The third kappa shape index (κ3) is 5.47. The Morgan fingerprint density at radius 2 is 1.35 bits per heavy atom. The molecule has 0 unspecified atom stereocenters. The number of alkyl halides is 3. The smallest absolute Gasteiger partial charge is 0.399 e. The highest BCUT2D eigenvalue weighted by molar-refractivity contribution is 5.86. The molecule has 0 fully saturated rings. The molecule has 1 nitrogen and oxygen atoms in total. The summed E-state index contributed by atoms with van der Waals surface area (Å²) in [6.07, 6.45) is -2.18. The van der Waals surface area contributed by atoms with Gasteiger partial charge in [-0.05, 0) is 83.8 Å². The lowest BCUT2D eigenvalue weighted by molar-refractivity contribution is -0.276. The Hall–Kier alpha value is -3.43. The van der Waals surface area contributed by atoms with E-state index in [4.69, 9.17) is 0 Å². The van der Waals surface area contributed by atoms with Crippen molar-refractivity contribution in [1.82, 2.24) is 0 Å². The Morgan fingerprint density at radius 3 is 1.92 bits per heavy atom. The Balaban J connectivity index is 1.74. The van der Waals surface area contributed by atoms with Gasteiger partial charge in [0.25, 0.3) is 0 Å². The second-order valence-corrected chi connectivity index (χ2v) is 8.64. The van der Waals surface area contributed by atoms with Gasteiger partial charge in [-0.3, -0.25) is 0 Å². The number of halogens is 9. The van der Waals surface area contributed by atoms with Gasteiger partial charge in [0.15, 0.2) is 11.6 Å². The van der Waals surface area contributed by atoms with Gasteiger partial charge in [-0.2, -0.15) is 0 Å². The lowest BCUT2D eigenvalue weighted by Gasteiger charge is -2.21. The fourth-order valence-electron chi connectivity index (χ4n) is 4.42. The number of aryl methyl sites for hydroxylation is 1. The molecule has 0 spiro atoms.